The van der Waals surface area contributed by atoms with Crippen molar-refractivity contribution >= 4 is 116 Å². The number of piperidine rings is 2. The number of carbonyl (C=O) groups is 17. The number of phenolic OH excluding ortho intramolecular Hbond substituents is 1. The van der Waals surface area contributed by atoms with Crippen molar-refractivity contribution in [3.05, 3.63) is 94.0 Å². The molecule has 3 aromatic rings. The van der Waals surface area contributed by atoms with Gasteiger partial charge in [0.25, 0.3) is 0 Å². The molecule has 0 saturated carbocycles. The maximum absolute atomic E-state index is 15.1. The van der Waals surface area contributed by atoms with Crippen molar-refractivity contribution in [2.75, 3.05) is 34.3 Å². The molecule has 4 unspecified atom stereocenters. The summed E-state index contributed by atoms with van der Waals surface area (Å²) in [4.78, 5) is 248. The number of aromatic hydroxyl groups is 1. The predicted octanol–water partition coefficient (Wildman–Crippen LogP) is 5.93. The number of likely N-dealkylation sites (tertiary alicyclic amines) is 1. The quantitative estimate of drug-likeness (QED) is 0.0272. The first-order chi connectivity index (χ1) is 64.6. The number of carbonyl (C=O) groups excluding carboxylic acids is 17. The molecule has 8 rings (SSSR count). The lowest BCUT2D eigenvalue weighted by molar-refractivity contribution is -0.170. The van der Waals surface area contributed by atoms with E-state index in [0.717, 1.165) is 14.7 Å². The van der Waals surface area contributed by atoms with Crippen LogP contribution in [-0.2, 0) is 110 Å². The number of rotatable bonds is 30. The third-order valence-corrected chi connectivity index (χ3v) is 27.5. The molecule has 5 aliphatic rings. The van der Waals surface area contributed by atoms with E-state index in [1.165, 1.54) is 70.8 Å². The number of methoxy groups -OCH3 is 1. The van der Waals surface area contributed by atoms with Gasteiger partial charge in [-0.15, -0.1) is 0 Å². The summed E-state index contributed by atoms with van der Waals surface area (Å²) in [5.74, 6) is -17.6. The van der Waals surface area contributed by atoms with Gasteiger partial charge in [-0.1, -0.05) is 131 Å². The van der Waals surface area contributed by atoms with Crippen LogP contribution in [-0.4, -0.2) is 276 Å². The normalized spacial score (nSPS) is 26.7. The Morgan fingerprint density at radius 3 is 1.56 bits per heavy atom. The molecule has 0 aliphatic carbocycles. The Balaban J connectivity index is 0.000000374. The van der Waals surface area contributed by atoms with Gasteiger partial charge in [-0.2, -0.15) is 0 Å². The van der Waals surface area contributed by atoms with Crippen LogP contribution >= 0.6 is 15.9 Å². The van der Waals surface area contributed by atoms with E-state index >= 15 is 4.79 Å². The minimum Gasteiger partial charge on any atom is -0.508 e. The van der Waals surface area contributed by atoms with E-state index in [1.807, 2.05) is 27.7 Å². The molecule has 37 heteroatoms. The summed E-state index contributed by atoms with van der Waals surface area (Å²) in [5, 5.41) is 60.4. The van der Waals surface area contributed by atoms with Crippen molar-refractivity contribution in [2.24, 2.45) is 59.0 Å². The van der Waals surface area contributed by atoms with Crippen molar-refractivity contribution in [2.45, 2.75) is 330 Å². The first-order valence-corrected chi connectivity index (χ1v) is 49.1. The van der Waals surface area contributed by atoms with E-state index in [1.54, 1.807) is 109 Å². The van der Waals surface area contributed by atoms with E-state index in [9.17, 15) is 97.1 Å². The Kier molecular flexibility index (Phi) is 43.8. The van der Waals surface area contributed by atoms with Crippen LogP contribution in [0, 0.1) is 53.3 Å². The Hall–Kier alpha value is -10.6. The number of ether oxygens (including phenoxy) is 3. The third-order valence-electron chi connectivity index (χ3n) is 26.9. The van der Waals surface area contributed by atoms with Crippen LogP contribution in [0.3, 0.4) is 0 Å². The number of esters is 2. The smallest absolute Gasteiger partial charge is 0.329 e. The van der Waals surface area contributed by atoms with Gasteiger partial charge in [-0.25, -0.2) is 9.59 Å². The van der Waals surface area contributed by atoms with Crippen molar-refractivity contribution in [1.82, 2.24) is 56.4 Å². The van der Waals surface area contributed by atoms with Crippen LogP contribution < -0.4 is 42.4 Å². The molecular weight excluding hydrogens is 1830 g/mol. The number of amides is 11. The monoisotopic (exact) mass is 1980 g/mol. The van der Waals surface area contributed by atoms with Gasteiger partial charge < -0.3 is 96.8 Å². The second-order valence-electron chi connectivity index (χ2n) is 38.8. The van der Waals surface area contributed by atoms with Crippen molar-refractivity contribution in [3.63, 3.8) is 0 Å². The third kappa shape index (κ3) is 30.9. The fraction of sp³-hybridized carbons (Fsp3) is 0.650. The van der Waals surface area contributed by atoms with Crippen LogP contribution in [0.25, 0.3) is 0 Å². The Morgan fingerprint density at radius 1 is 0.584 bits per heavy atom. The second kappa shape index (κ2) is 53.0. The number of nitrogens with two attached hydrogens (primary N) is 1. The number of aliphatic hydroxyl groups excluding tert-OH is 3. The highest BCUT2D eigenvalue weighted by Crippen LogP contribution is 2.36. The molecule has 36 nitrogen and oxygen atoms in total. The summed E-state index contributed by atoms with van der Waals surface area (Å²) in [7, 11) is 4.32. The Morgan fingerprint density at radius 2 is 1.07 bits per heavy atom. The molecule has 21 atom stereocenters. The SMILES string of the molecule is CC(=O)N1CCC[C@H]1C(=O)C[C@H](C(=O)N[C@@H]1C(=O)N[C@@H](CC(C)C)C(=O)CC2CC[C@@H](O)N(C2=O)[C@@H](Cc2ccccc2)C(=O)N(C)C(Cc2ccc(O)cc2)C(=O)N[C@@H](C(C)C)C(=O)O[C@@H]1C)[C@@H](C)O.CCCC(=O)C[C@H](C(=O)N[C@@H]1C(=O)N[C@@H](CCCCN)C(=O)CC2CC[C@@H](O)N(C2=O)[C@@H]([C@@H](C)CC)C(=O)N(C)C(Cc2ccc(OC)c(Br)c2)C(=O)N[C@@H](C(C)C)C(=O)O[C@@H]1C)C(C)C. The topological polar surface area (TPSA) is 513 Å². The van der Waals surface area contributed by atoms with Gasteiger partial charge in [0, 0.05) is 96.7 Å². The average Bonchev–Trinajstić information content (AvgIpc) is 0.952. The molecule has 0 spiro atoms. The standard InChI is InChI=1S/C52H72N6O13.C48H75BrN6O11/c1-28(2)23-38-42(62)26-35-18-21-44(64)58(50(35)68)41(25-33-13-10-9-11-14-33)51(69)56(8)40(24-34-16-19-36(61)20-17-34)48(66)54-45(29(3)4)52(70)71-31(6)46(49(67)53-38)55-47(65)37(30(5)59)27-43(63)39-15-12-22-57(39)32(7)60;1-11-15-32(56)25-33(26(3)4)43(59)53-41-29(8)66-48(64)40(27(5)6)52-44(60)36(23-30-17-19-38(65-10)34(49)22-30)54(9)47(63)42(28(7)12-2)55-39(58)20-18-31(46(55)62)24-37(57)35(51-45(41)61)16-13-14-21-50/h9-11,13-14,16-17,19-20,28-31,35,37-41,44-46,59,61,64H,12,15,18,21-27H2,1-8H3,(H,53,67)(H,54,66)(H,55,65);17,19,22,26-29,31,33,35-36,39-42,58H,11-16,18,20-21,23-25,50H2,1-10H3,(H,51,61)(H,52,60)(H,53,59)/t30-,31-,35?,37+,38+,39+,40?,41+,44-,45+,46+;28-,29+,31?,33-,35-,36?,39+,40-,41-,42-/m10/s1. The molecular formula is C100H147BrN12O24. The molecule has 5 aliphatic heterocycles. The zero-order valence-corrected chi connectivity index (χ0v) is 84.1. The number of nitrogens with one attached hydrogen (secondary N) is 6. The van der Waals surface area contributed by atoms with Gasteiger partial charge in [0.1, 0.15) is 90.3 Å². The van der Waals surface area contributed by atoms with Crippen LogP contribution in [0.2, 0.25) is 0 Å². The molecule has 0 aromatic heterocycles. The minimum atomic E-state index is -1.75. The van der Waals surface area contributed by atoms with Gasteiger partial charge in [-0.05, 0) is 184 Å². The lowest BCUT2D eigenvalue weighted by Gasteiger charge is -2.44. The number of phenols is 1. The fourth-order valence-corrected chi connectivity index (χ4v) is 18.9. The summed E-state index contributed by atoms with van der Waals surface area (Å²) < 4.78 is 17.9. The first kappa shape index (κ1) is 113. The van der Waals surface area contributed by atoms with Crippen LogP contribution in [0.15, 0.2) is 77.3 Å². The summed E-state index contributed by atoms with van der Waals surface area (Å²) in [5.41, 5.74) is 7.56. The Labute approximate surface area is 812 Å². The minimum absolute atomic E-state index is 0.00772. The van der Waals surface area contributed by atoms with Gasteiger partial charge in [0.2, 0.25) is 65.0 Å². The highest BCUT2D eigenvalue weighted by molar-refractivity contribution is 9.10. The van der Waals surface area contributed by atoms with Gasteiger partial charge in [-0.3, -0.25) is 71.9 Å². The molecule has 5 fully saturated rings. The average molecular weight is 1980 g/mol. The van der Waals surface area contributed by atoms with E-state index in [-0.39, 0.29) is 106 Å². The van der Waals surface area contributed by atoms with Crippen molar-refractivity contribution < 1.29 is 116 Å². The molecule has 137 heavy (non-hydrogen) atoms. The number of halogens is 1. The highest BCUT2D eigenvalue weighted by atomic mass is 79.9. The second-order valence-corrected chi connectivity index (χ2v) is 39.7. The summed E-state index contributed by atoms with van der Waals surface area (Å²) in [6.45, 7) is 25.3. The Bertz CT molecular complexity index is 4710. The molecule has 0 radical (unpaired) electrons. The van der Waals surface area contributed by atoms with Crippen molar-refractivity contribution in [3.8, 4) is 11.5 Å². The number of unbranched alkanes of at least 4 members (excludes halogenated alkanes) is 1. The van der Waals surface area contributed by atoms with Crippen LogP contribution in [0.5, 0.6) is 11.5 Å². The number of likely N-dealkylation sites (N-methyl/N-ethyl adjacent to an activating group) is 2. The van der Waals surface area contributed by atoms with Crippen LogP contribution in [0.4, 0.5) is 0 Å². The first-order valence-electron chi connectivity index (χ1n) is 48.3. The van der Waals surface area contributed by atoms with Gasteiger partial charge >= 0.3 is 11.9 Å². The number of hydrogen-bond donors (Lipinski definition) is 11. The summed E-state index contributed by atoms with van der Waals surface area (Å²) in [6.07, 6.45) is -5.14. The number of cyclic esters (lactones) is 2. The lowest BCUT2D eigenvalue weighted by atomic mass is 9.85. The number of fused-ring (bicyclic) bond motifs is 4. The zero-order valence-electron chi connectivity index (χ0n) is 82.6. The molecule has 11 amide bonds. The van der Waals surface area contributed by atoms with E-state index in [4.69, 9.17) is 19.9 Å². The number of ketones is 4. The maximum Gasteiger partial charge on any atom is 0.329 e. The molecule has 12 N–H and O–H groups in total. The molecule has 4 bridgehead atoms. The molecule has 5 saturated heterocycles. The molecule has 758 valence electrons. The number of aliphatic hydroxyl groups is 3. The largest absolute Gasteiger partial charge is 0.508 e. The number of Topliss-reactive ketones (excluding diaryl/α,β-unsaturated/α-hetero) is 4. The van der Waals surface area contributed by atoms with Gasteiger partial charge in [0.15, 0.2) is 17.3 Å². The maximum atomic E-state index is 15.1. The zero-order chi connectivity index (χ0) is 102. The fourth-order valence-electron chi connectivity index (χ4n) is 18.4. The number of benzene rings is 3. The van der Waals surface area contributed by atoms with E-state index < -0.39 is 240 Å². The number of nitrogens with zero attached hydrogens (tertiary/aromatic N) is 5. The number of hydrogen-bond acceptors (Lipinski definition) is 25. The lowest BCUT2D eigenvalue weighted by Crippen LogP contribution is -2.63. The van der Waals surface area contributed by atoms with E-state index in [2.05, 4.69) is 47.8 Å². The van der Waals surface area contributed by atoms with Crippen LogP contribution in [0.1, 0.15) is 230 Å². The summed E-state index contributed by atoms with van der Waals surface area (Å²) >= 11 is 3.49. The van der Waals surface area contributed by atoms with Gasteiger partial charge in [0.05, 0.1) is 41.7 Å². The highest BCUT2D eigenvalue weighted by Gasteiger charge is 2.51. The van der Waals surface area contributed by atoms with E-state index in [0.29, 0.717) is 78.5 Å². The molecule has 3 aromatic carbocycles. The predicted molar refractivity (Wildman–Crippen MR) is 510 cm³/mol. The van der Waals surface area contributed by atoms with Crippen molar-refractivity contribution in [1.29, 1.82) is 0 Å². The molecule has 5 heterocycles. The summed E-state index contributed by atoms with van der Waals surface area (Å²) in [6, 6.07) is 5.37.